The van der Waals surface area contributed by atoms with Gasteiger partial charge in [0, 0.05) is 36.5 Å². The van der Waals surface area contributed by atoms with Crippen molar-refractivity contribution < 1.29 is 23.6 Å². The van der Waals surface area contributed by atoms with Crippen LogP contribution in [0.25, 0.3) is 16.9 Å². The van der Waals surface area contributed by atoms with Crippen molar-refractivity contribution in [1.29, 1.82) is 5.26 Å². The third-order valence-corrected chi connectivity index (χ3v) is 7.54. The molecule has 1 aliphatic heterocycles. The summed E-state index contributed by atoms with van der Waals surface area (Å²) in [4.78, 5) is 41.0. The van der Waals surface area contributed by atoms with Gasteiger partial charge < -0.3 is 15.0 Å². The molecule has 0 radical (unpaired) electrons. The lowest BCUT2D eigenvalue weighted by Gasteiger charge is -2.28. The van der Waals surface area contributed by atoms with Crippen LogP contribution in [0.15, 0.2) is 5.38 Å². The summed E-state index contributed by atoms with van der Waals surface area (Å²) in [5.41, 5.74) is 0.493. The molecule has 0 spiro atoms. The van der Waals surface area contributed by atoms with Crippen molar-refractivity contribution in [3.05, 3.63) is 27.3 Å². The third kappa shape index (κ3) is 5.44. The maximum absolute atomic E-state index is 15.7. The maximum atomic E-state index is 15.7. The van der Waals surface area contributed by atoms with Crippen LogP contribution >= 0.6 is 11.3 Å². The molecule has 2 amide bonds. The molecule has 14 heteroatoms. The second-order valence-corrected chi connectivity index (χ2v) is 12.1. The van der Waals surface area contributed by atoms with Gasteiger partial charge in [-0.15, -0.1) is 16.4 Å². The van der Waals surface area contributed by atoms with Crippen LogP contribution < -0.4 is 10.2 Å². The summed E-state index contributed by atoms with van der Waals surface area (Å²) in [6, 6.07) is 2.19. The molecular weight excluding hydrogens is 539 g/mol. The topological polar surface area (TPSA) is 138 Å². The number of pyridine rings is 1. The number of aromatic nitrogens is 4. The van der Waals surface area contributed by atoms with E-state index in [-0.39, 0.29) is 36.7 Å². The predicted octanol–water partition coefficient (Wildman–Crippen LogP) is 3.66. The van der Waals surface area contributed by atoms with Gasteiger partial charge in [-0.3, -0.25) is 9.63 Å². The molecule has 4 rings (SSSR count). The number of aryl methyl sites for hydroxylation is 1. The Morgan fingerprint density at radius 2 is 2.05 bits per heavy atom. The van der Waals surface area contributed by atoms with E-state index >= 15 is 4.39 Å². The summed E-state index contributed by atoms with van der Waals surface area (Å²) < 4.78 is 22.5. The number of anilines is 1. The fourth-order valence-electron chi connectivity index (χ4n) is 4.64. The smallest absolute Gasteiger partial charge is 0.407 e. The molecule has 1 aliphatic rings. The van der Waals surface area contributed by atoms with Crippen LogP contribution in [0.1, 0.15) is 54.4 Å². The highest BCUT2D eigenvalue weighted by Gasteiger charge is 2.46. The van der Waals surface area contributed by atoms with E-state index in [1.165, 1.54) is 30.0 Å². The number of fused-ring (bicyclic) bond motifs is 1. The number of hydrogen-bond acceptors (Lipinski definition) is 10. The van der Waals surface area contributed by atoms with Crippen LogP contribution in [0.5, 0.6) is 0 Å². The molecule has 1 N–H and O–H groups in total. The Kier molecular flexibility index (Phi) is 7.75. The SMILES string of the molecule is CON(C)C(=O)c1nc2c(C#N)c(C)c(-c3csc(C)n3)c(N3CC(F)[C@](C)(CNC(=O)OC(C)(C)C)C3)n2n1. The summed E-state index contributed by atoms with van der Waals surface area (Å²) in [7, 11) is 2.76. The zero-order valence-electron chi connectivity index (χ0n) is 23.8. The van der Waals surface area contributed by atoms with E-state index in [1.54, 1.807) is 39.5 Å². The van der Waals surface area contributed by atoms with E-state index in [1.807, 2.05) is 12.3 Å². The molecule has 0 aliphatic carbocycles. The summed E-state index contributed by atoms with van der Waals surface area (Å²) in [6.45, 7) is 10.9. The fourth-order valence-corrected chi connectivity index (χ4v) is 5.25. The number of ether oxygens (including phenoxy) is 1. The van der Waals surface area contributed by atoms with Gasteiger partial charge in [-0.2, -0.15) is 9.78 Å². The number of alkyl carbamates (subject to hydrolysis) is 1. The lowest BCUT2D eigenvalue weighted by molar-refractivity contribution is -0.0764. The average Bonchev–Trinajstić information content (AvgIpc) is 3.57. The molecule has 40 heavy (non-hydrogen) atoms. The van der Waals surface area contributed by atoms with Crippen molar-refractivity contribution in [2.75, 3.05) is 38.7 Å². The van der Waals surface area contributed by atoms with Crippen molar-refractivity contribution in [1.82, 2.24) is 30.0 Å². The quantitative estimate of drug-likeness (QED) is 0.439. The van der Waals surface area contributed by atoms with E-state index in [2.05, 4.69) is 26.5 Å². The first kappa shape index (κ1) is 29.2. The average molecular weight is 573 g/mol. The molecule has 0 saturated carbocycles. The summed E-state index contributed by atoms with van der Waals surface area (Å²) >= 11 is 1.44. The van der Waals surface area contributed by atoms with E-state index in [0.717, 1.165) is 10.1 Å². The Labute approximate surface area is 235 Å². The zero-order valence-corrected chi connectivity index (χ0v) is 24.6. The molecule has 214 valence electrons. The molecular formula is C26H33FN8O4S. The highest BCUT2D eigenvalue weighted by Crippen LogP contribution is 2.42. The van der Waals surface area contributed by atoms with Gasteiger partial charge in [-0.05, 0) is 40.2 Å². The minimum Gasteiger partial charge on any atom is -0.444 e. The number of alkyl halides is 1. The van der Waals surface area contributed by atoms with Crippen LogP contribution in [-0.4, -0.2) is 82.2 Å². The molecule has 0 aromatic carbocycles. The molecule has 3 aromatic rings. The number of hydroxylamine groups is 2. The first-order chi connectivity index (χ1) is 18.7. The summed E-state index contributed by atoms with van der Waals surface area (Å²) in [5.74, 6) is -0.341. The van der Waals surface area contributed by atoms with E-state index < -0.39 is 29.2 Å². The normalized spacial score (nSPS) is 19.1. The third-order valence-electron chi connectivity index (χ3n) is 6.77. The summed E-state index contributed by atoms with van der Waals surface area (Å²) in [5, 5.41) is 20.9. The number of nitriles is 1. The lowest BCUT2D eigenvalue weighted by Crippen LogP contribution is -2.43. The Morgan fingerprint density at radius 1 is 1.35 bits per heavy atom. The highest BCUT2D eigenvalue weighted by molar-refractivity contribution is 7.09. The number of amides is 2. The zero-order chi connectivity index (χ0) is 29.6. The first-order valence-electron chi connectivity index (χ1n) is 12.6. The van der Waals surface area contributed by atoms with E-state index in [9.17, 15) is 14.9 Å². The number of halogens is 1. The largest absolute Gasteiger partial charge is 0.444 e. The van der Waals surface area contributed by atoms with Gasteiger partial charge in [0.2, 0.25) is 5.82 Å². The second-order valence-electron chi connectivity index (χ2n) is 11.1. The minimum absolute atomic E-state index is 0.0236. The molecule has 2 atom stereocenters. The van der Waals surface area contributed by atoms with Gasteiger partial charge in [-0.1, -0.05) is 6.92 Å². The number of nitrogens with one attached hydrogen (secondary N) is 1. The predicted molar refractivity (Wildman–Crippen MR) is 147 cm³/mol. The number of thiazole rings is 1. The molecule has 4 heterocycles. The molecule has 12 nitrogen and oxygen atoms in total. The van der Waals surface area contributed by atoms with Crippen molar-refractivity contribution in [2.45, 2.75) is 53.3 Å². The Morgan fingerprint density at radius 3 is 2.62 bits per heavy atom. The maximum Gasteiger partial charge on any atom is 0.407 e. The molecule has 3 aromatic heterocycles. The van der Waals surface area contributed by atoms with Gasteiger partial charge in [0.15, 0.2) is 5.65 Å². The minimum atomic E-state index is -1.33. The summed E-state index contributed by atoms with van der Waals surface area (Å²) in [6.07, 6.45) is -1.96. The number of carbonyl (C=O) groups excluding carboxylic acids is 2. The first-order valence-corrected chi connectivity index (χ1v) is 13.5. The van der Waals surface area contributed by atoms with Crippen LogP contribution in [0.4, 0.5) is 15.0 Å². The van der Waals surface area contributed by atoms with Crippen LogP contribution in [0, 0.1) is 30.6 Å². The van der Waals surface area contributed by atoms with Gasteiger partial charge >= 0.3 is 12.0 Å². The fraction of sp³-hybridized carbons (Fsp3) is 0.538. The van der Waals surface area contributed by atoms with Gasteiger partial charge in [0.05, 0.1) is 24.4 Å². The van der Waals surface area contributed by atoms with Gasteiger partial charge in [0.1, 0.15) is 29.2 Å². The molecule has 1 unspecified atom stereocenters. The molecule has 0 bridgehead atoms. The Balaban J connectivity index is 1.84. The number of rotatable bonds is 6. The lowest BCUT2D eigenvalue weighted by atomic mass is 9.88. The number of carbonyl (C=O) groups is 2. The van der Waals surface area contributed by atoms with Crippen molar-refractivity contribution in [3.8, 4) is 17.3 Å². The van der Waals surface area contributed by atoms with Crippen LogP contribution in [-0.2, 0) is 9.57 Å². The van der Waals surface area contributed by atoms with Crippen LogP contribution in [0.2, 0.25) is 0 Å². The Bertz CT molecular complexity index is 1510. The highest BCUT2D eigenvalue weighted by atomic mass is 32.1. The second kappa shape index (κ2) is 10.6. The van der Waals surface area contributed by atoms with E-state index in [0.29, 0.717) is 22.6 Å². The van der Waals surface area contributed by atoms with Crippen molar-refractivity contribution >= 4 is 34.8 Å². The standard InChI is InChI=1S/C26H33FN8O4S/c1-14-16(9-28)21-31-20(23(36)33(7)38-8)32-35(21)22(19(14)17-11-40-15(2)30-17)34-10-18(27)26(6,13-34)12-29-24(37)39-25(3,4)5/h11,18H,10,12-13H2,1-8H3,(H,29,37)/t18?,26-/m1/s1. The number of hydrogen-bond donors (Lipinski definition) is 1. The molecule has 1 saturated heterocycles. The van der Waals surface area contributed by atoms with Gasteiger partial charge in [0.25, 0.3) is 0 Å². The Hall–Kier alpha value is -3.83. The number of nitrogens with zero attached hydrogens (tertiary/aromatic N) is 7. The van der Waals surface area contributed by atoms with E-state index in [4.69, 9.17) is 9.57 Å². The van der Waals surface area contributed by atoms with Crippen LogP contribution in [0.3, 0.4) is 0 Å². The monoisotopic (exact) mass is 572 g/mol. The molecule has 1 fully saturated rings. The van der Waals surface area contributed by atoms with Gasteiger partial charge in [-0.25, -0.2) is 24.2 Å². The van der Waals surface area contributed by atoms with Crippen molar-refractivity contribution in [3.63, 3.8) is 0 Å². The van der Waals surface area contributed by atoms with Crippen molar-refractivity contribution in [2.24, 2.45) is 5.41 Å².